The Morgan fingerprint density at radius 3 is 2.65 bits per heavy atom. The van der Waals surface area contributed by atoms with Gasteiger partial charge in [-0.05, 0) is 39.0 Å². The molecule has 0 aliphatic heterocycles. The predicted molar refractivity (Wildman–Crippen MR) is 66.8 cm³/mol. The lowest BCUT2D eigenvalue weighted by atomic mass is 9.98. The lowest BCUT2D eigenvalue weighted by Crippen LogP contribution is -2.03. The average molecular weight is 230 g/mol. The molecule has 0 aromatic heterocycles. The number of hydrogen-bond donors (Lipinski definition) is 1. The van der Waals surface area contributed by atoms with Crippen molar-refractivity contribution >= 4 is 5.69 Å². The summed E-state index contributed by atoms with van der Waals surface area (Å²) in [7, 11) is 0. The summed E-state index contributed by atoms with van der Waals surface area (Å²) in [6.45, 7) is 6.58. The minimum atomic E-state index is -0.501. The zero-order valence-corrected chi connectivity index (χ0v) is 10.3. The molecule has 17 heavy (non-hydrogen) atoms. The first kappa shape index (κ1) is 13.1. The molecule has 0 spiro atoms. The molecule has 0 saturated carbocycles. The molecule has 88 valence electrons. The van der Waals surface area contributed by atoms with Crippen LogP contribution in [0.15, 0.2) is 18.2 Å². The number of halogens is 1. The van der Waals surface area contributed by atoms with E-state index in [-0.39, 0.29) is 11.0 Å². The largest absolute Gasteiger partial charge is 0.374 e. The molecule has 0 bridgehead atoms. The van der Waals surface area contributed by atoms with Gasteiger partial charge in [0.25, 0.3) is 0 Å². The molecule has 0 unspecified atom stereocenters. The summed E-state index contributed by atoms with van der Waals surface area (Å²) >= 11 is 0. The summed E-state index contributed by atoms with van der Waals surface area (Å²) in [5, 5.41) is 11.7. The lowest BCUT2D eigenvalue weighted by Gasteiger charge is -2.07. The summed E-state index contributed by atoms with van der Waals surface area (Å²) in [4.78, 5) is 0. The molecule has 1 rings (SSSR count). The smallest absolute Gasteiger partial charge is 0.141 e. The highest BCUT2D eigenvalue weighted by Gasteiger charge is 2.03. The maximum atomic E-state index is 13.0. The van der Waals surface area contributed by atoms with E-state index in [1.54, 1.807) is 12.1 Å². The molecule has 0 radical (unpaired) electrons. The van der Waals surface area contributed by atoms with Gasteiger partial charge in [0, 0.05) is 11.1 Å². The third-order valence-corrected chi connectivity index (χ3v) is 1.93. The second-order valence-electron chi connectivity index (χ2n) is 4.71. The van der Waals surface area contributed by atoms with Gasteiger partial charge in [0.2, 0.25) is 0 Å². The van der Waals surface area contributed by atoms with Gasteiger partial charge in [0.15, 0.2) is 0 Å². The molecular weight excluding hydrogens is 215 g/mol. The fourth-order valence-electron chi connectivity index (χ4n) is 1.18. The van der Waals surface area contributed by atoms with Crippen molar-refractivity contribution in [2.24, 2.45) is 5.41 Å². The van der Waals surface area contributed by atoms with Crippen molar-refractivity contribution in [1.29, 1.82) is 5.26 Å². The Kier molecular flexibility index (Phi) is 4.12. The van der Waals surface area contributed by atoms with Gasteiger partial charge < -0.3 is 5.32 Å². The topological polar surface area (TPSA) is 35.8 Å². The van der Waals surface area contributed by atoms with Gasteiger partial charge in [0.05, 0.1) is 12.1 Å². The zero-order valence-electron chi connectivity index (χ0n) is 10.3. The molecule has 0 saturated heterocycles. The van der Waals surface area contributed by atoms with E-state index in [1.165, 1.54) is 12.1 Å². The minimum absolute atomic E-state index is 0.0255. The van der Waals surface area contributed by atoms with Crippen LogP contribution in [-0.4, -0.2) is 6.54 Å². The number of benzene rings is 1. The first-order valence-electron chi connectivity index (χ1n) is 5.36. The summed E-state index contributed by atoms with van der Waals surface area (Å²) in [6, 6.07) is 6.15. The first-order valence-corrected chi connectivity index (χ1v) is 5.36. The van der Waals surface area contributed by atoms with E-state index < -0.39 is 5.82 Å². The average Bonchev–Trinajstić information content (AvgIpc) is 2.25. The van der Waals surface area contributed by atoms with Gasteiger partial charge in [-0.2, -0.15) is 5.26 Å². The van der Waals surface area contributed by atoms with E-state index in [0.717, 1.165) is 0 Å². The monoisotopic (exact) mass is 230 g/mol. The maximum Gasteiger partial charge on any atom is 0.141 e. The van der Waals surface area contributed by atoms with Crippen LogP contribution < -0.4 is 5.32 Å². The van der Waals surface area contributed by atoms with Crippen LogP contribution in [-0.2, 0) is 0 Å². The summed E-state index contributed by atoms with van der Waals surface area (Å²) < 4.78 is 13.0. The van der Waals surface area contributed by atoms with Crippen molar-refractivity contribution < 1.29 is 4.39 Å². The second-order valence-corrected chi connectivity index (χ2v) is 4.71. The lowest BCUT2D eigenvalue weighted by molar-refractivity contribution is 0.570. The number of nitrogens with one attached hydrogen (secondary N) is 1. The second kappa shape index (κ2) is 5.37. The Bertz CT molecular complexity index is 496. The van der Waals surface area contributed by atoms with Gasteiger partial charge in [-0.1, -0.05) is 11.8 Å². The molecule has 1 aromatic rings. The molecule has 1 aromatic carbocycles. The predicted octanol–water partition coefficient (Wildman–Crippen LogP) is 3.16. The number of nitrogens with zero attached hydrogens (tertiary/aromatic N) is 1. The molecular formula is C14H15FN2. The van der Waals surface area contributed by atoms with E-state index in [0.29, 0.717) is 12.2 Å². The molecule has 0 aliphatic carbocycles. The van der Waals surface area contributed by atoms with Crippen molar-refractivity contribution in [3.8, 4) is 17.9 Å². The van der Waals surface area contributed by atoms with Gasteiger partial charge >= 0.3 is 0 Å². The Labute approximate surface area is 101 Å². The maximum absolute atomic E-state index is 13.0. The normalized spacial score (nSPS) is 10.1. The first-order chi connectivity index (χ1) is 7.92. The number of anilines is 1. The standard InChI is InChI=1S/C14H15FN2/c1-14(2,3)7-4-8-17-12-5-6-13(15)11(9-12)10-16/h5-6,9,17H,8H2,1-3H3. The van der Waals surface area contributed by atoms with E-state index in [9.17, 15) is 4.39 Å². The number of nitriles is 1. The Hall–Kier alpha value is -2.00. The number of rotatable bonds is 2. The molecule has 0 heterocycles. The summed E-state index contributed by atoms with van der Waals surface area (Å²) in [5.74, 6) is 5.57. The van der Waals surface area contributed by atoms with Crippen LogP contribution in [0.1, 0.15) is 26.3 Å². The molecule has 0 aliphatic rings. The molecule has 2 nitrogen and oxygen atoms in total. The molecule has 0 atom stereocenters. The fourth-order valence-corrected chi connectivity index (χ4v) is 1.18. The fraction of sp³-hybridized carbons (Fsp3) is 0.357. The molecule has 0 amide bonds. The third kappa shape index (κ3) is 4.57. The van der Waals surface area contributed by atoms with Crippen LogP contribution in [0.2, 0.25) is 0 Å². The zero-order chi connectivity index (χ0) is 12.9. The highest BCUT2D eigenvalue weighted by molar-refractivity contribution is 5.50. The van der Waals surface area contributed by atoms with Crippen LogP contribution in [0.3, 0.4) is 0 Å². The van der Waals surface area contributed by atoms with Crippen molar-refractivity contribution in [1.82, 2.24) is 0 Å². The van der Waals surface area contributed by atoms with Crippen molar-refractivity contribution in [3.05, 3.63) is 29.6 Å². The van der Waals surface area contributed by atoms with Gasteiger partial charge in [0.1, 0.15) is 11.9 Å². The number of hydrogen-bond acceptors (Lipinski definition) is 2. The van der Waals surface area contributed by atoms with Crippen molar-refractivity contribution in [2.45, 2.75) is 20.8 Å². The summed E-state index contributed by atoms with van der Waals surface area (Å²) in [5.41, 5.74) is 0.715. The Morgan fingerprint density at radius 1 is 1.35 bits per heavy atom. The Morgan fingerprint density at radius 2 is 2.06 bits per heavy atom. The van der Waals surface area contributed by atoms with Crippen molar-refractivity contribution in [2.75, 3.05) is 11.9 Å². The van der Waals surface area contributed by atoms with Crippen LogP contribution in [0.5, 0.6) is 0 Å². The highest BCUT2D eigenvalue weighted by atomic mass is 19.1. The van der Waals surface area contributed by atoms with Gasteiger partial charge in [-0.3, -0.25) is 0 Å². The van der Waals surface area contributed by atoms with Crippen LogP contribution >= 0.6 is 0 Å². The van der Waals surface area contributed by atoms with E-state index in [4.69, 9.17) is 5.26 Å². The van der Waals surface area contributed by atoms with Gasteiger partial charge in [-0.15, -0.1) is 0 Å². The molecule has 1 N–H and O–H groups in total. The summed E-state index contributed by atoms with van der Waals surface area (Å²) in [6.07, 6.45) is 0. The van der Waals surface area contributed by atoms with E-state index in [1.807, 2.05) is 20.8 Å². The van der Waals surface area contributed by atoms with E-state index >= 15 is 0 Å². The SMILES string of the molecule is CC(C)(C)C#CCNc1ccc(F)c(C#N)c1. The van der Waals surface area contributed by atoms with Crippen LogP contribution in [0.4, 0.5) is 10.1 Å². The van der Waals surface area contributed by atoms with Gasteiger partial charge in [-0.25, -0.2) is 4.39 Å². The van der Waals surface area contributed by atoms with Crippen LogP contribution in [0, 0.1) is 34.4 Å². The minimum Gasteiger partial charge on any atom is -0.374 e. The highest BCUT2D eigenvalue weighted by Crippen LogP contribution is 2.13. The van der Waals surface area contributed by atoms with Crippen LogP contribution in [0.25, 0.3) is 0 Å². The Balaban J connectivity index is 2.65. The molecule has 3 heteroatoms. The van der Waals surface area contributed by atoms with Crippen molar-refractivity contribution in [3.63, 3.8) is 0 Å². The quantitative estimate of drug-likeness (QED) is 0.792. The third-order valence-electron chi connectivity index (χ3n) is 1.93. The van der Waals surface area contributed by atoms with E-state index in [2.05, 4.69) is 17.2 Å². The molecule has 0 fully saturated rings.